The summed E-state index contributed by atoms with van der Waals surface area (Å²) >= 11 is 3.44. The molecule has 0 bridgehead atoms. The molecule has 3 nitrogen and oxygen atoms in total. The van der Waals surface area contributed by atoms with E-state index in [4.69, 9.17) is 0 Å². The fourth-order valence-corrected chi connectivity index (χ4v) is 3.10. The van der Waals surface area contributed by atoms with Gasteiger partial charge in [-0.2, -0.15) is 0 Å². The number of hydrogen-bond donors (Lipinski definition) is 2. The van der Waals surface area contributed by atoms with E-state index in [0.717, 1.165) is 36.7 Å². The summed E-state index contributed by atoms with van der Waals surface area (Å²) in [5.74, 6) is 0.406. The van der Waals surface area contributed by atoms with Gasteiger partial charge in [-0.25, -0.2) is 0 Å². The minimum atomic E-state index is 0. The van der Waals surface area contributed by atoms with Crippen LogP contribution in [-0.2, 0) is 11.2 Å². The second-order valence-electron chi connectivity index (χ2n) is 6.15. The molecule has 1 saturated heterocycles. The molecule has 1 aromatic carbocycles. The highest BCUT2D eigenvalue weighted by molar-refractivity contribution is 9.10. The fourth-order valence-electron chi connectivity index (χ4n) is 2.84. The van der Waals surface area contributed by atoms with Crippen molar-refractivity contribution in [1.29, 1.82) is 0 Å². The summed E-state index contributed by atoms with van der Waals surface area (Å²) in [7, 11) is 0. The summed E-state index contributed by atoms with van der Waals surface area (Å²) < 4.78 is 1.10. The molecule has 22 heavy (non-hydrogen) atoms. The maximum atomic E-state index is 12.3. The van der Waals surface area contributed by atoms with E-state index >= 15 is 0 Å². The van der Waals surface area contributed by atoms with Crippen LogP contribution in [0.15, 0.2) is 28.7 Å². The van der Waals surface area contributed by atoms with E-state index in [-0.39, 0.29) is 30.3 Å². The molecule has 0 aliphatic carbocycles. The first kappa shape index (κ1) is 19.5. The first-order valence-electron chi connectivity index (χ1n) is 7.83. The van der Waals surface area contributed by atoms with Gasteiger partial charge in [0, 0.05) is 22.5 Å². The zero-order chi connectivity index (χ0) is 15.2. The number of carbonyl (C=O) groups excluding carboxylic acids is 1. The van der Waals surface area contributed by atoms with Crippen molar-refractivity contribution in [1.82, 2.24) is 10.6 Å². The number of benzene rings is 1. The van der Waals surface area contributed by atoms with Gasteiger partial charge in [0.25, 0.3) is 0 Å². The number of hydrogen-bond acceptors (Lipinski definition) is 2. The topological polar surface area (TPSA) is 41.1 Å². The molecule has 1 unspecified atom stereocenters. The van der Waals surface area contributed by atoms with Crippen LogP contribution in [0.5, 0.6) is 0 Å². The van der Waals surface area contributed by atoms with Gasteiger partial charge in [0.1, 0.15) is 0 Å². The van der Waals surface area contributed by atoms with Gasteiger partial charge in [0.15, 0.2) is 0 Å². The Kier molecular flexibility index (Phi) is 8.44. The quantitative estimate of drug-likeness (QED) is 0.806. The number of halogens is 2. The Balaban J connectivity index is 0.00000242. The molecule has 0 saturated carbocycles. The highest BCUT2D eigenvalue weighted by Crippen LogP contribution is 2.17. The number of aryl methyl sites for hydroxylation is 1. The maximum Gasteiger partial charge on any atom is 0.223 e. The average molecular weight is 390 g/mol. The molecule has 2 rings (SSSR count). The van der Waals surface area contributed by atoms with Crippen LogP contribution in [0.4, 0.5) is 0 Å². The summed E-state index contributed by atoms with van der Waals surface area (Å²) in [4.78, 5) is 12.3. The molecule has 1 aromatic rings. The van der Waals surface area contributed by atoms with Crippen LogP contribution < -0.4 is 10.6 Å². The lowest BCUT2D eigenvalue weighted by atomic mass is 9.92. The minimum Gasteiger partial charge on any atom is -0.353 e. The van der Waals surface area contributed by atoms with Gasteiger partial charge in [0.2, 0.25) is 5.91 Å². The van der Waals surface area contributed by atoms with Gasteiger partial charge < -0.3 is 10.6 Å². The number of nitrogens with one attached hydrogen (secondary N) is 2. The van der Waals surface area contributed by atoms with Crippen LogP contribution in [0.2, 0.25) is 0 Å². The lowest BCUT2D eigenvalue weighted by molar-refractivity contribution is -0.126. The highest BCUT2D eigenvalue weighted by Gasteiger charge is 2.25. The SMILES string of the molecule is CC(CCc1ccc(Br)cc1)NC(=O)[C@H]1CCN[C@@H](C)C1.Cl. The lowest BCUT2D eigenvalue weighted by Crippen LogP contribution is -2.44. The molecular formula is C17H26BrClN2O. The summed E-state index contributed by atoms with van der Waals surface area (Å²) in [5.41, 5.74) is 1.31. The molecule has 1 fully saturated rings. The number of amides is 1. The Morgan fingerprint density at radius 1 is 1.41 bits per heavy atom. The van der Waals surface area contributed by atoms with Crippen LogP contribution >= 0.6 is 28.3 Å². The molecule has 0 radical (unpaired) electrons. The molecule has 5 heteroatoms. The fraction of sp³-hybridized carbons (Fsp3) is 0.588. The van der Waals surface area contributed by atoms with Gasteiger partial charge in [-0.1, -0.05) is 28.1 Å². The molecule has 0 aromatic heterocycles. The Hall–Kier alpha value is -0.580. The van der Waals surface area contributed by atoms with Crippen molar-refractivity contribution in [2.45, 2.75) is 51.6 Å². The van der Waals surface area contributed by atoms with Gasteiger partial charge in [-0.3, -0.25) is 4.79 Å². The van der Waals surface area contributed by atoms with Crippen LogP contribution in [-0.4, -0.2) is 24.5 Å². The van der Waals surface area contributed by atoms with E-state index in [1.807, 2.05) is 0 Å². The molecule has 1 aliphatic rings. The predicted molar refractivity (Wildman–Crippen MR) is 97.5 cm³/mol. The normalized spacial score (nSPS) is 22.5. The Morgan fingerprint density at radius 3 is 2.73 bits per heavy atom. The van der Waals surface area contributed by atoms with Crippen molar-refractivity contribution in [3.05, 3.63) is 34.3 Å². The second kappa shape index (κ2) is 9.53. The largest absolute Gasteiger partial charge is 0.353 e. The summed E-state index contributed by atoms with van der Waals surface area (Å²) in [5, 5.41) is 6.56. The predicted octanol–water partition coefficient (Wildman–Crippen LogP) is 3.70. The van der Waals surface area contributed by atoms with Crippen molar-refractivity contribution >= 4 is 34.2 Å². The molecule has 2 N–H and O–H groups in total. The van der Waals surface area contributed by atoms with Crippen molar-refractivity contribution in [3.8, 4) is 0 Å². The smallest absolute Gasteiger partial charge is 0.223 e. The molecule has 3 atom stereocenters. The second-order valence-corrected chi connectivity index (χ2v) is 7.07. The molecule has 1 heterocycles. The Morgan fingerprint density at radius 2 is 2.09 bits per heavy atom. The third kappa shape index (κ3) is 6.27. The van der Waals surface area contributed by atoms with Crippen molar-refractivity contribution in [3.63, 3.8) is 0 Å². The number of rotatable bonds is 5. The van der Waals surface area contributed by atoms with E-state index in [2.05, 4.69) is 64.7 Å². The first-order chi connectivity index (χ1) is 10.0. The van der Waals surface area contributed by atoms with E-state index in [1.165, 1.54) is 5.56 Å². The monoisotopic (exact) mass is 388 g/mol. The highest BCUT2D eigenvalue weighted by atomic mass is 79.9. The average Bonchev–Trinajstić information content (AvgIpc) is 2.46. The summed E-state index contributed by atoms with van der Waals surface area (Å²) in [6.07, 6.45) is 3.88. The lowest BCUT2D eigenvalue weighted by Gasteiger charge is -2.28. The molecule has 1 amide bonds. The maximum absolute atomic E-state index is 12.3. The molecule has 1 aliphatic heterocycles. The molecular weight excluding hydrogens is 364 g/mol. The van der Waals surface area contributed by atoms with Crippen LogP contribution in [0.25, 0.3) is 0 Å². The first-order valence-corrected chi connectivity index (χ1v) is 8.62. The van der Waals surface area contributed by atoms with Crippen molar-refractivity contribution in [2.75, 3.05) is 6.54 Å². The Labute approximate surface area is 148 Å². The van der Waals surface area contributed by atoms with E-state index in [0.29, 0.717) is 6.04 Å². The third-order valence-electron chi connectivity index (χ3n) is 4.16. The zero-order valence-electron chi connectivity index (χ0n) is 13.3. The Bertz CT molecular complexity index is 466. The molecule has 124 valence electrons. The number of piperidine rings is 1. The minimum absolute atomic E-state index is 0. The van der Waals surface area contributed by atoms with Crippen LogP contribution in [0.1, 0.15) is 38.7 Å². The van der Waals surface area contributed by atoms with E-state index < -0.39 is 0 Å². The molecule has 0 spiro atoms. The third-order valence-corrected chi connectivity index (χ3v) is 4.69. The van der Waals surface area contributed by atoms with Crippen molar-refractivity contribution in [2.24, 2.45) is 5.92 Å². The standard InChI is InChI=1S/C17H25BrN2O.ClH/c1-12(3-4-14-5-7-16(18)8-6-14)20-17(21)15-9-10-19-13(2)11-15;/h5-8,12-13,15,19H,3-4,9-11H2,1-2H3,(H,20,21);1H/t12?,13-,15-;/m0./s1. The van der Waals surface area contributed by atoms with Gasteiger partial charge in [-0.15, -0.1) is 12.4 Å². The summed E-state index contributed by atoms with van der Waals surface area (Å²) in [6, 6.07) is 9.07. The van der Waals surface area contributed by atoms with Crippen LogP contribution in [0.3, 0.4) is 0 Å². The van der Waals surface area contributed by atoms with Gasteiger partial charge in [-0.05, 0) is 63.8 Å². The summed E-state index contributed by atoms with van der Waals surface area (Å²) in [6.45, 7) is 5.20. The van der Waals surface area contributed by atoms with E-state index in [9.17, 15) is 4.79 Å². The van der Waals surface area contributed by atoms with E-state index in [1.54, 1.807) is 0 Å². The van der Waals surface area contributed by atoms with Gasteiger partial charge in [0.05, 0.1) is 0 Å². The van der Waals surface area contributed by atoms with Gasteiger partial charge >= 0.3 is 0 Å². The van der Waals surface area contributed by atoms with Crippen LogP contribution in [0, 0.1) is 5.92 Å². The van der Waals surface area contributed by atoms with Crippen molar-refractivity contribution < 1.29 is 4.79 Å². The number of carbonyl (C=O) groups is 1. The zero-order valence-corrected chi connectivity index (χ0v) is 15.7.